The molecule has 2 N–H and O–H groups in total. The van der Waals surface area contributed by atoms with Crippen LogP contribution in [0.1, 0.15) is 5.56 Å². The van der Waals surface area contributed by atoms with Gasteiger partial charge in [-0.25, -0.2) is 4.39 Å². The number of halogens is 1. The van der Waals surface area contributed by atoms with Crippen LogP contribution in [-0.4, -0.2) is 55.2 Å². The number of rotatable bonds is 6. The van der Waals surface area contributed by atoms with Gasteiger partial charge in [-0.3, -0.25) is 9.69 Å². The van der Waals surface area contributed by atoms with Crippen molar-refractivity contribution in [3.8, 4) is 5.75 Å². The maximum absolute atomic E-state index is 12.9. The first-order chi connectivity index (χ1) is 12.6. The highest BCUT2D eigenvalue weighted by atomic mass is 19.1. The van der Waals surface area contributed by atoms with Crippen molar-refractivity contribution in [3.63, 3.8) is 0 Å². The fourth-order valence-electron chi connectivity index (χ4n) is 3.13. The molecular weight excluding hydrogens is 333 g/mol. The monoisotopic (exact) mass is 357 g/mol. The maximum Gasteiger partial charge on any atom is 0.234 e. The number of carbonyl (C=O) groups excluding carboxylic acids is 1. The number of nitrogens with zero attached hydrogens (tertiary/aromatic N) is 2. The van der Waals surface area contributed by atoms with Crippen molar-refractivity contribution < 1.29 is 14.3 Å². The summed E-state index contributed by atoms with van der Waals surface area (Å²) >= 11 is 0. The number of piperazine rings is 1. The van der Waals surface area contributed by atoms with E-state index in [2.05, 4.69) is 15.1 Å². The fraction of sp³-hybridized carbons (Fsp3) is 0.350. The first-order valence-electron chi connectivity index (χ1n) is 8.88. The van der Waals surface area contributed by atoms with Crippen LogP contribution in [0, 0.1) is 5.82 Å². The van der Waals surface area contributed by atoms with E-state index in [1.54, 1.807) is 18.2 Å². The second-order valence-electron chi connectivity index (χ2n) is 6.48. The zero-order valence-corrected chi connectivity index (χ0v) is 14.7. The van der Waals surface area contributed by atoms with E-state index in [0.29, 0.717) is 25.3 Å². The van der Waals surface area contributed by atoms with Gasteiger partial charge in [0.15, 0.2) is 0 Å². The van der Waals surface area contributed by atoms with Gasteiger partial charge in [0.05, 0.1) is 12.2 Å². The molecule has 1 heterocycles. The Morgan fingerprint density at radius 3 is 2.42 bits per heavy atom. The summed E-state index contributed by atoms with van der Waals surface area (Å²) in [5.74, 6) is 0.0448. The average molecular weight is 357 g/mol. The third-order valence-corrected chi connectivity index (χ3v) is 4.61. The van der Waals surface area contributed by atoms with Crippen LogP contribution in [0.4, 0.5) is 10.1 Å². The predicted octanol–water partition coefficient (Wildman–Crippen LogP) is 2.01. The molecule has 5 nitrogen and oxygen atoms in total. The number of aromatic hydroxyl groups is 1. The number of hydrogen-bond donors (Lipinski definition) is 2. The average Bonchev–Trinajstić information content (AvgIpc) is 2.65. The Kier molecular flexibility index (Phi) is 6.07. The highest BCUT2D eigenvalue weighted by molar-refractivity contribution is 5.78. The highest BCUT2D eigenvalue weighted by Gasteiger charge is 2.20. The minimum atomic E-state index is -0.249. The number of anilines is 1. The lowest BCUT2D eigenvalue weighted by Crippen LogP contribution is -2.49. The van der Waals surface area contributed by atoms with E-state index in [-0.39, 0.29) is 11.7 Å². The van der Waals surface area contributed by atoms with Crippen molar-refractivity contribution in [3.05, 3.63) is 59.9 Å². The number of benzene rings is 2. The van der Waals surface area contributed by atoms with Gasteiger partial charge >= 0.3 is 0 Å². The Bertz CT molecular complexity index is 728. The fourth-order valence-corrected chi connectivity index (χ4v) is 3.13. The van der Waals surface area contributed by atoms with Gasteiger partial charge < -0.3 is 15.3 Å². The van der Waals surface area contributed by atoms with Gasteiger partial charge in [-0.1, -0.05) is 24.3 Å². The smallest absolute Gasteiger partial charge is 0.234 e. The minimum Gasteiger partial charge on any atom is -0.506 e. The molecule has 0 unspecified atom stereocenters. The molecular formula is C20H24FN3O2. The summed E-state index contributed by atoms with van der Waals surface area (Å²) in [5, 5.41) is 12.9. The van der Waals surface area contributed by atoms with Crippen LogP contribution in [0.5, 0.6) is 5.75 Å². The number of amides is 1. The van der Waals surface area contributed by atoms with Crippen LogP contribution in [0.15, 0.2) is 48.5 Å². The second kappa shape index (κ2) is 8.67. The van der Waals surface area contributed by atoms with Crippen molar-refractivity contribution in [1.29, 1.82) is 0 Å². The molecule has 6 heteroatoms. The zero-order chi connectivity index (χ0) is 18.4. The lowest BCUT2D eigenvalue weighted by atomic mass is 10.1. The molecule has 1 aliphatic heterocycles. The summed E-state index contributed by atoms with van der Waals surface area (Å²) < 4.78 is 12.9. The molecule has 0 saturated carbocycles. The first kappa shape index (κ1) is 18.2. The van der Waals surface area contributed by atoms with Crippen LogP contribution in [-0.2, 0) is 11.2 Å². The van der Waals surface area contributed by atoms with Gasteiger partial charge in [-0.15, -0.1) is 0 Å². The minimum absolute atomic E-state index is 0.00289. The number of phenols is 1. The van der Waals surface area contributed by atoms with Gasteiger partial charge in [0.25, 0.3) is 0 Å². The molecule has 1 saturated heterocycles. The van der Waals surface area contributed by atoms with E-state index in [1.807, 2.05) is 18.2 Å². The molecule has 2 aromatic carbocycles. The van der Waals surface area contributed by atoms with E-state index in [1.165, 1.54) is 12.1 Å². The van der Waals surface area contributed by atoms with Crippen molar-refractivity contribution in [2.75, 3.05) is 44.2 Å². The Balaban J connectivity index is 1.38. The standard InChI is InChI=1S/C20H24FN3O2/c21-17-7-5-16(6-8-17)9-10-22-20(26)15-23-11-13-24(14-12-23)18-3-1-2-4-19(18)25/h1-8,25H,9-15H2,(H,22,26). The topological polar surface area (TPSA) is 55.8 Å². The number of carbonyl (C=O) groups is 1. The molecule has 0 atom stereocenters. The molecule has 0 aromatic heterocycles. The van der Waals surface area contributed by atoms with E-state index < -0.39 is 0 Å². The van der Waals surface area contributed by atoms with Gasteiger partial charge in [0.1, 0.15) is 11.6 Å². The number of phenolic OH excluding ortho intramolecular Hbond substituents is 1. The Labute approximate surface area is 153 Å². The zero-order valence-electron chi connectivity index (χ0n) is 14.7. The third-order valence-electron chi connectivity index (χ3n) is 4.61. The molecule has 0 bridgehead atoms. The maximum atomic E-state index is 12.9. The molecule has 26 heavy (non-hydrogen) atoms. The van der Waals surface area contributed by atoms with Crippen molar-refractivity contribution in [1.82, 2.24) is 10.2 Å². The van der Waals surface area contributed by atoms with E-state index in [9.17, 15) is 14.3 Å². The van der Waals surface area contributed by atoms with Gasteiger partial charge in [0.2, 0.25) is 5.91 Å². The molecule has 0 aliphatic carbocycles. The van der Waals surface area contributed by atoms with Crippen LogP contribution in [0.25, 0.3) is 0 Å². The second-order valence-corrected chi connectivity index (χ2v) is 6.48. The summed E-state index contributed by atoms with van der Waals surface area (Å²) in [6, 6.07) is 13.7. The molecule has 138 valence electrons. The molecule has 0 radical (unpaired) electrons. The van der Waals surface area contributed by atoms with Crippen LogP contribution in [0.3, 0.4) is 0 Å². The third kappa shape index (κ3) is 4.95. The quantitative estimate of drug-likeness (QED) is 0.830. The van der Waals surface area contributed by atoms with Gasteiger partial charge in [-0.05, 0) is 36.2 Å². The lowest BCUT2D eigenvalue weighted by Gasteiger charge is -2.35. The van der Waals surface area contributed by atoms with Crippen molar-refractivity contribution in [2.24, 2.45) is 0 Å². The summed E-state index contributed by atoms with van der Waals surface area (Å²) in [4.78, 5) is 16.3. The SMILES string of the molecule is O=C(CN1CCN(c2ccccc2O)CC1)NCCc1ccc(F)cc1. The molecule has 0 spiro atoms. The predicted molar refractivity (Wildman–Crippen MR) is 99.9 cm³/mol. The largest absolute Gasteiger partial charge is 0.506 e. The van der Waals surface area contributed by atoms with Crippen LogP contribution < -0.4 is 10.2 Å². The summed E-state index contributed by atoms with van der Waals surface area (Å²) in [6.45, 7) is 4.03. The number of para-hydroxylation sites is 2. The van der Waals surface area contributed by atoms with E-state index in [0.717, 1.165) is 37.4 Å². The van der Waals surface area contributed by atoms with Crippen molar-refractivity contribution >= 4 is 11.6 Å². The summed E-state index contributed by atoms with van der Waals surface area (Å²) in [6.07, 6.45) is 0.688. The Morgan fingerprint density at radius 1 is 1.04 bits per heavy atom. The highest BCUT2D eigenvalue weighted by Crippen LogP contribution is 2.27. The number of hydrogen-bond acceptors (Lipinski definition) is 4. The molecule has 3 rings (SSSR count). The molecule has 1 aliphatic rings. The first-order valence-corrected chi connectivity index (χ1v) is 8.88. The molecule has 1 fully saturated rings. The van der Waals surface area contributed by atoms with E-state index in [4.69, 9.17) is 0 Å². The van der Waals surface area contributed by atoms with Gasteiger partial charge in [-0.2, -0.15) is 0 Å². The lowest BCUT2D eigenvalue weighted by molar-refractivity contribution is -0.122. The Morgan fingerprint density at radius 2 is 1.73 bits per heavy atom. The van der Waals surface area contributed by atoms with Crippen molar-refractivity contribution in [2.45, 2.75) is 6.42 Å². The van der Waals surface area contributed by atoms with E-state index >= 15 is 0 Å². The Hall–Kier alpha value is -2.60. The molecule has 2 aromatic rings. The molecule has 1 amide bonds. The summed E-state index contributed by atoms with van der Waals surface area (Å²) in [5.41, 5.74) is 1.85. The van der Waals surface area contributed by atoms with Gasteiger partial charge in [0, 0.05) is 32.7 Å². The number of nitrogens with one attached hydrogen (secondary N) is 1. The summed E-state index contributed by atoms with van der Waals surface area (Å²) in [7, 11) is 0. The normalized spacial score (nSPS) is 15.0. The van der Waals surface area contributed by atoms with Crippen LogP contribution >= 0.6 is 0 Å². The van der Waals surface area contributed by atoms with Crippen LogP contribution in [0.2, 0.25) is 0 Å².